The van der Waals surface area contributed by atoms with Crippen LogP contribution in [0, 0.1) is 0 Å². The highest BCUT2D eigenvalue weighted by atomic mass is 19.3. The molecule has 0 N–H and O–H groups in total. The molecule has 0 bridgehead atoms. The Hall–Kier alpha value is -0.970. The predicted molar refractivity (Wildman–Crippen MR) is 43.4 cm³/mol. The van der Waals surface area contributed by atoms with Crippen molar-refractivity contribution in [3.05, 3.63) is 18.0 Å². The molecule has 0 aliphatic carbocycles. The molecule has 0 spiro atoms. The highest BCUT2D eigenvalue weighted by Gasteiger charge is 2.07. The van der Waals surface area contributed by atoms with Gasteiger partial charge in [0.25, 0.3) is 0 Å². The third-order valence-electron chi connectivity index (χ3n) is 1.43. The van der Waals surface area contributed by atoms with E-state index in [9.17, 15) is 8.78 Å². The molecule has 0 saturated heterocycles. The van der Waals surface area contributed by atoms with E-state index in [-0.39, 0.29) is 12.7 Å². The molecule has 0 aliphatic heterocycles. The average Bonchev–Trinajstić information content (AvgIpc) is 2.48. The van der Waals surface area contributed by atoms with Crippen LogP contribution >= 0.6 is 0 Å². The van der Waals surface area contributed by atoms with Gasteiger partial charge in [0.05, 0.1) is 18.4 Å². The monoisotopic (exact) mass is 190 g/mol. The number of hydrogen-bond acceptors (Lipinski definition) is 2. The first-order valence-corrected chi connectivity index (χ1v) is 4.03. The van der Waals surface area contributed by atoms with Gasteiger partial charge in [-0.25, -0.2) is 4.68 Å². The summed E-state index contributed by atoms with van der Waals surface area (Å²) >= 11 is 0. The van der Waals surface area contributed by atoms with E-state index in [0.29, 0.717) is 10.4 Å². The minimum Gasteiger partial charge on any atom is -0.372 e. The van der Waals surface area contributed by atoms with E-state index < -0.39 is 6.55 Å². The summed E-state index contributed by atoms with van der Waals surface area (Å²) < 4.78 is 29.9. The molecule has 0 unspecified atom stereocenters. The zero-order chi connectivity index (χ0) is 9.84. The van der Waals surface area contributed by atoms with Gasteiger partial charge in [0.2, 0.25) is 0 Å². The van der Waals surface area contributed by atoms with Crippen LogP contribution in [0.25, 0.3) is 0 Å². The van der Waals surface area contributed by atoms with Crippen LogP contribution in [0.3, 0.4) is 0 Å². The van der Waals surface area contributed by atoms with Crippen LogP contribution in [0.5, 0.6) is 0 Å². The minimum atomic E-state index is -2.58. The van der Waals surface area contributed by atoms with Crippen molar-refractivity contribution in [2.75, 3.05) is 0 Å². The number of rotatable bonds is 4. The van der Waals surface area contributed by atoms with Crippen LogP contribution in [0.2, 0.25) is 0 Å². The number of nitrogens with zero attached hydrogens (tertiary/aromatic N) is 2. The summed E-state index contributed by atoms with van der Waals surface area (Å²) in [4.78, 5) is 0. The molecule has 0 amide bonds. The van der Waals surface area contributed by atoms with Crippen molar-refractivity contribution < 1.29 is 13.5 Å². The highest BCUT2D eigenvalue weighted by Crippen LogP contribution is 2.09. The lowest BCUT2D eigenvalue weighted by molar-refractivity contribution is 0.0485. The Balaban J connectivity index is 2.49. The first-order valence-electron chi connectivity index (χ1n) is 4.03. The van der Waals surface area contributed by atoms with E-state index >= 15 is 0 Å². The number of halogens is 2. The van der Waals surface area contributed by atoms with Crippen LogP contribution in [0.4, 0.5) is 8.78 Å². The quantitative estimate of drug-likeness (QED) is 0.727. The molecule has 5 heteroatoms. The zero-order valence-corrected chi connectivity index (χ0v) is 7.58. The molecule has 0 aromatic carbocycles. The lowest BCUT2D eigenvalue weighted by Gasteiger charge is -2.04. The molecule has 74 valence electrons. The van der Waals surface area contributed by atoms with Crippen LogP contribution in [0.15, 0.2) is 12.3 Å². The molecule has 0 fully saturated rings. The van der Waals surface area contributed by atoms with E-state index in [0.717, 1.165) is 0 Å². The van der Waals surface area contributed by atoms with Gasteiger partial charge in [-0.1, -0.05) is 0 Å². The number of ether oxygens (including phenoxy) is 1. The molecular weight excluding hydrogens is 178 g/mol. The summed E-state index contributed by atoms with van der Waals surface area (Å²) in [5, 5.41) is 3.62. The second-order valence-electron chi connectivity index (χ2n) is 2.92. The van der Waals surface area contributed by atoms with Crippen molar-refractivity contribution in [2.45, 2.75) is 33.1 Å². The van der Waals surface area contributed by atoms with Gasteiger partial charge >= 0.3 is 6.55 Å². The topological polar surface area (TPSA) is 27.1 Å². The van der Waals surface area contributed by atoms with E-state index in [1.165, 1.54) is 12.3 Å². The molecule has 1 aromatic heterocycles. The summed E-state index contributed by atoms with van der Waals surface area (Å²) in [6.45, 7) is 1.46. The number of alkyl halides is 2. The smallest absolute Gasteiger partial charge is 0.333 e. The third kappa shape index (κ3) is 3.10. The standard InChI is InChI=1S/C8H12F2N2O/c1-6(2)13-5-7-3-4-12(11-7)8(9)10/h3-4,6,8H,5H2,1-2H3. The van der Waals surface area contributed by atoms with E-state index in [1.807, 2.05) is 13.8 Å². The Morgan fingerprint density at radius 2 is 2.23 bits per heavy atom. The minimum absolute atomic E-state index is 0.0803. The summed E-state index contributed by atoms with van der Waals surface area (Å²) in [5.41, 5.74) is 0.522. The first kappa shape index (κ1) is 10.1. The normalized spacial score (nSPS) is 11.5. The van der Waals surface area contributed by atoms with Gasteiger partial charge in [0.15, 0.2) is 0 Å². The maximum Gasteiger partial charge on any atom is 0.333 e. The second-order valence-corrected chi connectivity index (χ2v) is 2.92. The SMILES string of the molecule is CC(C)OCc1ccn(C(F)F)n1. The van der Waals surface area contributed by atoms with Crippen molar-refractivity contribution in [3.8, 4) is 0 Å². The first-order chi connectivity index (χ1) is 6.09. The molecule has 1 heterocycles. The predicted octanol–water partition coefficient (Wildman–Crippen LogP) is 2.20. The van der Waals surface area contributed by atoms with Crippen molar-refractivity contribution in [1.82, 2.24) is 9.78 Å². The Morgan fingerprint density at radius 3 is 2.69 bits per heavy atom. The molecular formula is C8H12F2N2O. The van der Waals surface area contributed by atoms with Gasteiger partial charge in [-0.2, -0.15) is 13.9 Å². The fraction of sp³-hybridized carbons (Fsp3) is 0.625. The van der Waals surface area contributed by atoms with Crippen molar-refractivity contribution in [3.63, 3.8) is 0 Å². The van der Waals surface area contributed by atoms with Crippen LogP contribution in [-0.2, 0) is 11.3 Å². The molecule has 0 atom stereocenters. The molecule has 0 saturated carbocycles. The maximum atomic E-state index is 12.0. The van der Waals surface area contributed by atoms with E-state index in [2.05, 4.69) is 5.10 Å². The zero-order valence-electron chi connectivity index (χ0n) is 7.58. The summed E-state index contributed by atoms with van der Waals surface area (Å²) in [6.07, 6.45) is 1.32. The summed E-state index contributed by atoms with van der Waals surface area (Å²) in [7, 11) is 0. The van der Waals surface area contributed by atoms with E-state index in [1.54, 1.807) is 0 Å². The van der Waals surface area contributed by atoms with E-state index in [4.69, 9.17) is 4.74 Å². The second kappa shape index (κ2) is 4.32. The average molecular weight is 190 g/mol. The van der Waals surface area contributed by atoms with Gasteiger partial charge in [0.1, 0.15) is 0 Å². The third-order valence-corrected chi connectivity index (χ3v) is 1.43. The Kier molecular flexibility index (Phi) is 3.36. The summed E-state index contributed by atoms with van der Waals surface area (Å²) in [6, 6.07) is 1.52. The molecule has 13 heavy (non-hydrogen) atoms. The largest absolute Gasteiger partial charge is 0.372 e. The molecule has 1 aromatic rings. The van der Waals surface area contributed by atoms with Gasteiger partial charge in [-0.3, -0.25) is 0 Å². The van der Waals surface area contributed by atoms with Gasteiger partial charge in [-0.05, 0) is 19.9 Å². The van der Waals surface area contributed by atoms with Crippen LogP contribution in [-0.4, -0.2) is 15.9 Å². The Labute approximate surface area is 75.3 Å². The number of aromatic nitrogens is 2. The number of hydrogen-bond donors (Lipinski definition) is 0. The van der Waals surface area contributed by atoms with Gasteiger partial charge < -0.3 is 4.74 Å². The molecule has 1 rings (SSSR count). The fourth-order valence-electron chi connectivity index (χ4n) is 0.815. The van der Waals surface area contributed by atoms with Crippen molar-refractivity contribution in [1.29, 1.82) is 0 Å². The van der Waals surface area contributed by atoms with Crippen molar-refractivity contribution in [2.24, 2.45) is 0 Å². The maximum absolute atomic E-state index is 12.0. The lowest BCUT2D eigenvalue weighted by Crippen LogP contribution is -2.04. The van der Waals surface area contributed by atoms with Gasteiger partial charge in [0, 0.05) is 6.20 Å². The molecule has 0 aliphatic rings. The molecule has 0 radical (unpaired) electrons. The van der Waals surface area contributed by atoms with Crippen molar-refractivity contribution >= 4 is 0 Å². The Bertz CT molecular complexity index is 260. The summed E-state index contributed by atoms with van der Waals surface area (Å²) in [5.74, 6) is 0. The Morgan fingerprint density at radius 1 is 1.54 bits per heavy atom. The van der Waals surface area contributed by atoms with Crippen LogP contribution < -0.4 is 0 Å². The fourth-order valence-corrected chi connectivity index (χ4v) is 0.815. The van der Waals surface area contributed by atoms with Gasteiger partial charge in [-0.15, -0.1) is 0 Å². The molecule has 3 nitrogen and oxygen atoms in total. The van der Waals surface area contributed by atoms with Crippen LogP contribution in [0.1, 0.15) is 26.1 Å². The highest BCUT2D eigenvalue weighted by molar-refractivity contribution is 4.97. The lowest BCUT2D eigenvalue weighted by atomic mass is 10.4.